The Morgan fingerprint density at radius 1 is 1.15 bits per heavy atom. The van der Waals surface area contributed by atoms with E-state index in [0.29, 0.717) is 10.9 Å². The third-order valence-electron chi connectivity index (χ3n) is 3.69. The van der Waals surface area contributed by atoms with E-state index in [9.17, 15) is 4.79 Å². The molecule has 1 aromatic carbocycles. The molecule has 0 atom stereocenters. The Hall–Kier alpha value is -2.71. The number of anilines is 2. The third-order valence-corrected chi connectivity index (χ3v) is 5.54. The summed E-state index contributed by atoms with van der Waals surface area (Å²) in [5.74, 6) is 0.598. The van der Waals surface area contributed by atoms with Crippen LogP contribution in [0.4, 0.5) is 10.8 Å². The molecule has 4 aromatic rings. The summed E-state index contributed by atoms with van der Waals surface area (Å²) < 4.78 is 1.95. The van der Waals surface area contributed by atoms with Crippen molar-refractivity contribution in [3.05, 3.63) is 65.8 Å². The van der Waals surface area contributed by atoms with Crippen LogP contribution >= 0.6 is 23.1 Å². The second-order valence-corrected chi connectivity index (χ2v) is 7.29. The number of rotatable bonds is 5. The molecule has 0 saturated heterocycles. The molecule has 0 aliphatic heterocycles. The number of thiazole rings is 1. The highest BCUT2D eigenvalue weighted by Crippen LogP contribution is 2.30. The summed E-state index contributed by atoms with van der Waals surface area (Å²) >= 11 is 3.03. The van der Waals surface area contributed by atoms with Crippen LogP contribution in [0.1, 0.15) is 12.6 Å². The molecule has 0 aliphatic carbocycles. The molecule has 1 amide bonds. The van der Waals surface area contributed by atoms with Crippen LogP contribution in [0.3, 0.4) is 0 Å². The molecule has 4 rings (SSSR count). The van der Waals surface area contributed by atoms with Crippen LogP contribution in [0.2, 0.25) is 0 Å². The fourth-order valence-corrected chi connectivity index (χ4v) is 4.33. The summed E-state index contributed by atoms with van der Waals surface area (Å²) in [4.78, 5) is 18.4. The third kappa shape index (κ3) is 3.33. The summed E-state index contributed by atoms with van der Waals surface area (Å²) in [5.41, 5.74) is 2.54. The normalized spacial score (nSPS) is 11.0. The molecule has 0 aliphatic rings. The van der Waals surface area contributed by atoms with E-state index in [-0.39, 0.29) is 5.91 Å². The van der Waals surface area contributed by atoms with Gasteiger partial charge in [0.15, 0.2) is 15.9 Å². The number of carbonyl (C=O) groups excluding carboxylic acids is 1. The van der Waals surface area contributed by atoms with Gasteiger partial charge in [0, 0.05) is 24.3 Å². The number of nitrogens with zero attached hydrogens (tertiary/aromatic N) is 5. The molecule has 0 unspecified atom stereocenters. The van der Waals surface area contributed by atoms with Crippen molar-refractivity contribution in [2.24, 2.45) is 0 Å². The second kappa shape index (κ2) is 7.27. The zero-order chi connectivity index (χ0) is 17.9. The van der Waals surface area contributed by atoms with Crippen molar-refractivity contribution in [1.82, 2.24) is 19.6 Å². The quantitative estimate of drug-likeness (QED) is 0.486. The van der Waals surface area contributed by atoms with Crippen LogP contribution in [0.15, 0.2) is 65.3 Å². The fourth-order valence-electron chi connectivity index (χ4n) is 2.53. The predicted octanol–water partition coefficient (Wildman–Crippen LogP) is 4.16. The van der Waals surface area contributed by atoms with Crippen LogP contribution in [0.25, 0.3) is 5.65 Å². The Labute approximate surface area is 158 Å². The summed E-state index contributed by atoms with van der Waals surface area (Å²) in [6.07, 6.45) is 1.94. The van der Waals surface area contributed by atoms with E-state index in [1.165, 1.54) is 11.3 Å². The van der Waals surface area contributed by atoms with E-state index in [2.05, 4.69) is 15.2 Å². The van der Waals surface area contributed by atoms with Gasteiger partial charge >= 0.3 is 0 Å². The van der Waals surface area contributed by atoms with Gasteiger partial charge in [-0.15, -0.1) is 21.5 Å². The van der Waals surface area contributed by atoms with Crippen molar-refractivity contribution in [3.8, 4) is 0 Å². The zero-order valence-electron chi connectivity index (χ0n) is 13.9. The monoisotopic (exact) mass is 381 g/mol. The van der Waals surface area contributed by atoms with E-state index in [4.69, 9.17) is 0 Å². The summed E-state index contributed by atoms with van der Waals surface area (Å²) in [5, 5.41) is 11.8. The van der Waals surface area contributed by atoms with Gasteiger partial charge in [-0.3, -0.25) is 14.1 Å². The number of fused-ring (bicyclic) bond motifs is 1. The number of carbonyl (C=O) groups is 1. The minimum absolute atomic E-state index is 0.0618. The molecule has 0 spiro atoms. The lowest BCUT2D eigenvalue weighted by atomic mass is 10.3. The van der Waals surface area contributed by atoms with Crippen molar-refractivity contribution >= 4 is 45.5 Å². The summed E-state index contributed by atoms with van der Waals surface area (Å²) in [6, 6.07) is 15.4. The van der Waals surface area contributed by atoms with Gasteiger partial charge in [0.25, 0.3) is 0 Å². The molecular formula is C18H15N5OS2. The summed E-state index contributed by atoms with van der Waals surface area (Å²) in [6.45, 7) is 1.55. The van der Waals surface area contributed by atoms with Crippen LogP contribution in [0.5, 0.6) is 0 Å². The Morgan fingerprint density at radius 3 is 2.77 bits per heavy atom. The van der Waals surface area contributed by atoms with Crippen molar-refractivity contribution in [2.45, 2.75) is 17.8 Å². The zero-order valence-corrected chi connectivity index (χ0v) is 15.6. The molecule has 6 nitrogen and oxygen atoms in total. The highest BCUT2D eigenvalue weighted by atomic mass is 32.2. The first-order valence-corrected chi connectivity index (χ1v) is 9.81. The first-order valence-electron chi connectivity index (χ1n) is 7.95. The van der Waals surface area contributed by atoms with Gasteiger partial charge < -0.3 is 0 Å². The van der Waals surface area contributed by atoms with Crippen LogP contribution in [0, 0.1) is 0 Å². The highest BCUT2D eigenvalue weighted by Gasteiger charge is 2.18. The van der Waals surface area contributed by atoms with Gasteiger partial charge in [0.2, 0.25) is 5.91 Å². The van der Waals surface area contributed by atoms with Gasteiger partial charge in [-0.1, -0.05) is 36.0 Å². The maximum atomic E-state index is 12.1. The first-order chi connectivity index (χ1) is 12.7. The van der Waals surface area contributed by atoms with Gasteiger partial charge in [-0.25, -0.2) is 4.98 Å². The number of hydrogen-bond acceptors (Lipinski definition) is 6. The molecule has 0 N–H and O–H groups in total. The van der Waals surface area contributed by atoms with E-state index in [1.54, 1.807) is 23.6 Å². The highest BCUT2D eigenvalue weighted by molar-refractivity contribution is 7.98. The van der Waals surface area contributed by atoms with E-state index in [1.807, 2.05) is 64.5 Å². The van der Waals surface area contributed by atoms with E-state index < -0.39 is 0 Å². The minimum Gasteiger partial charge on any atom is -0.277 e. The lowest BCUT2D eigenvalue weighted by molar-refractivity contribution is -0.115. The Kier molecular flexibility index (Phi) is 4.68. The molecule has 0 radical (unpaired) electrons. The van der Waals surface area contributed by atoms with Crippen molar-refractivity contribution in [1.29, 1.82) is 0 Å². The van der Waals surface area contributed by atoms with Gasteiger partial charge in [0.05, 0.1) is 11.4 Å². The largest absolute Gasteiger partial charge is 0.277 e. The Morgan fingerprint density at radius 2 is 1.96 bits per heavy atom. The van der Waals surface area contributed by atoms with Gasteiger partial charge in [0.1, 0.15) is 0 Å². The molecule has 130 valence electrons. The fraction of sp³-hybridized carbons (Fsp3) is 0.111. The topological polar surface area (TPSA) is 63.4 Å². The van der Waals surface area contributed by atoms with E-state index >= 15 is 0 Å². The number of para-hydroxylation sites is 1. The molecule has 0 bridgehead atoms. The molecule has 3 heterocycles. The lowest BCUT2D eigenvalue weighted by Gasteiger charge is -2.17. The smallest absolute Gasteiger partial charge is 0.230 e. The van der Waals surface area contributed by atoms with Crippen molar-refractivity contribution in [3.63, 3.8) is 0 Å². The predicted molar refractivity (Wildman–Crippen MR) is 104 cm³/mol. The standard InChI is InChI=1S/C18H15N5OS2/c1-13(24)23(15-7-3-2-4-8-15)17-19-14(11-25-17)12-26-18-21-20-16-9-5-6-10-22(16)18/h2-11H,12H2,1H3. The summed E-state index contributed by atoms with van der Waals surface area (Å²) in [7, 11) is 0. The number of benzene rings is 1. The maximum absolute atomic E-state index is 12.1. The number of hydrogen-bond donors (Lipinski definition) is 0. The maximum Gasteiger partial charge on any atom is 0.230 e. The molecule has 0 saturated carbocycles. The number of pyridine rings is 1. The second-order valence-electron chi connectivity index (χ2n) is 5.51. The molecule has 8 heteroatoms. The average molecular weight is 381 g/mol. The molecule has 3 aromatic heterocycles. The Bertz CT molecular complexity index is 1040. The lowest BCUT2D eigenvalue weighted by Crippen LogP contribution is -2.22. The Balaban J connectivity index is 1.53. The first kappa shape index (κ1) is 16.7. The SMILES string of the molecule is CC(=O)N(c1ccccc1)c1nc(CSc2nnc3ccccn23)cs1. The minimum atomic E-state index is -0.0618. The van der Waals surface area contributed by atoms with Crippen molar-refractivity contribution < 1.29 is 4.79 Å². The number of thioether (sulfide) groups is 1. The van der Waals surface area contributed by atoms with Crippen LogP contribution in [-0.4, -0.2) is 25.5 Å². The van der Waals surface area contributed by atoms with Crippen molar-refractivity contribution in [2.75, 3.05) is 4.90 Å². The van der Waals surface area contributed by atoms with Crippen LogP contribution < -0.4 is 4.90 Å². The van der Waals surface area contributed by atoms with Crippen LogP contribution in [-0.2, 0) is 10.5 Å². The van der Waals surface area contributed by atoms with E-state index in [0.717, 1.165) is 22.2 Å². The number of aromatic nitrogens is 4. The molecule has 26 heavy (non-hydrogen) atoms. The number of amides is 1. The molecule has 0 fully saturated rings. The molecular weight excluding hydrogens is 366 g/mol. The van der Waals surface area contributed by atoms with Gasteiger partial charge in [-0.05, 0) is 24.3 Å². The average Bonchev–Trinajstić information content (AvgIpc) is 3.28. The van der Waals surface area contributed by atoms with Gasteiger partial charge in [-0.2, -0.15) is 0 Å².